The molecule has 2 amide bonds. The van der Waals surface area contributed by atoms with E-state index in [1.54, 1.807) is 6.20 Å². The minimum atomic E-state index is -0.489. The largest absolute Gasteiger partial charge is 0.444 e. The summed E-state index contributed by atoms with van der Waals surface area (Å²) >= 11 is 0. The molecule has 0 atom stereocenters. The van der Waals surface area contributed by atoms with Crippen molar-refractivity contribution in [2.75, 3.05) is 36.8 Å². The molecule has 10 nitrogen and oxygen atoms in total. The maximum absolute atomic E-state index is 11.6. The highest BCUT2D eigenvalue weighted by Gasteiger charge is 2.16. The van der Waals surface area contributed by atoms with E-state index in [1.807, 2.05) is 41.5 Å². The number of ether oxygens (including phenoxy) is 2. The fourth-order valence-electron chi connectivity index (χ4n) is 2.54. The summed E-state index contributed by atoms with van der Waals surface area (Å²) in [5, 5.41) is 12.1. The zero-order valence-electron chi connectivity index (χ0n) is 20.3. The average Bonchev–Trinajstić information content (AvgIpc) is 2.65. The summed E-state index contributed by atoms with van der Waals surface area (Å²) in [6, 6.07) is 0. The lowest BCUT2D eigenvalue weighted by molar-refractivity contribution is 0.0515. The molecule has 32 heavy (non-hydrogen) atoms. The monoisotopic (exact) mass is 452 g/mol. The lowest BCUT2D eigenvalue weighted by Gasteiger charge is -2.19. The first-order valence-electron chi connectivity index (χ1n) is 11.2. The molecule has 0 aliphatic carbocycles. The second-order valence-electron chi connectivity index (χ2n) is 9.41. The number of aromatic nitrogens is 2. The van der Waals surface area contributed by atoms with Crippen LogP contribution in [-0.4, -0.2) is 59.5 Å². The fourth-order valence-corrected chi connectivity index (χ4v) is 2.54. The number of rotatable bonds is 12. The molecule has 0 saturated heterocycles. The Hall–Kier alpha value is -2.78. The van der Waals surface area contributed by atoms with Crippen LogP contribution >= 0.6 is 0 Å². The minimum Gasteiger partial charge on any atom is -0.444 e. The van der Waals surface area contributed by atoms with Crippen LogP contribution < -0.4 is 21.3 Å². The van der Waals surface area contributed by atoms with E-state index in [-0.39, 0.29) is 0 Å². The molecule has 0 aliphatic heterocycles. The van der Waals surface area contributed by atoms with E-state index in [4.69, 9.17) is 9.47 Å². The molecule has 0 saturated carbocycles. The second-order valence-corrected chi connectivity index (χ2v) is 9.41. The molecular weight excluding hydrogens is 412 g/mol. The van der Waals surface area contributed by atoms with E-state index in [2.05, 4.69) is 31.2 Å². The summed E-state index contributed by atoms with van der Waals surface area (Å²) in [6.45, 7) is 13.6. The highest BCUT2D eigenvalue weighted by molar-refractivity contribution is 5.68. The molecule has 1 aromatic rings. The van der Waals surface area contributed by atoms with E-state index in [0.29, 0.717) is 13.1 Å². The molecule has 0 radical (unpaired) electrons. The fraction of sp³-hybridized carbons (Fsp3) is 0.727. The van der Waals surface area contributed by atoms with Crippen LogP contribution in [0.25, 0.3) is 0 Å². The van der Waals surface area contributed by atoms with Gasteiger partial charge in [-0.1, -0.05) is 0 Å². The lowest BCUT2D eigenvalue weighted by atomic mass is 10.2. The zero-order valence-corrected chi connectivity index (χ0v) is 20.3. The van der Waals surface area contributed by atoms with Gasteiger partial charge in [-0.25, -0.2) is 19.6 Å². The summed E-state index contributed by atoms with van der Waals surface area (Å²) < 4.78 is 10.4. The van der Waals surface area contributed by atoms with Gasteiger partial charge in [0.25, 0.3) is 0 Å². The molecule has 10 heteroatoms. The van der Waals surface area contributed by atoms with Crippen molar-refractivity contribution in [3.05, 3.63) is 12.5 Å². The van der Waals surface area contributed by atoms with Crippen molar-refractivity contribution in [3.8, 4) is 0 Å². The standard InChI is InChI=1S/C22H40N6O4/c1-21(2,3)31-19(29)26-13-9-7-11-24-17-15-23-16-28-18(17)25-12-8-10-14-27-20(30)32-22(4,5)6/h15-16,24H,7-14H2,1-6H3,(H,26,29)(H,27,30)(H,23,25,28). The number of nitrogens with zero attached hydrogens (tertiary/aromatic N) is 2. The van der Waals surface area contributed by atoms with Gasteiger partial charge in [-0.2, -0.15) is 0 Å². The number of hydrogen-bond donors (Lipinski definition) is 4. The Labute approximate surface area is 191 Å². The van der Waals surface area contributed by atoms with Crippen LogP contribution in [0.2, 0.25) is 0 Å². The number of carbonyl (C=O) groups excluding carboxylic acids is 2. The normalized spacial score (nSPS) is 11.4. The Balaban J connectivity index is 2.19. The predicted molar refractivity (Wildman–Crippen MR) is 126 cm³/mol. The molecule has 0 fully saturated rings. The van der Waals surface area contributed by atoms with Crippen LogP contribution in [0.15, 0.2) is 12.5 Å². The number of anilines is 2. The van der Waals surface area contributed by atoms with E-state index in [1.165, 1.54) is 6.33 Å². The molecule has 0 spiro atoms. The van der Waals surface area contributed by atoms with Gasteiger partial charge in [0.05, 0.1) is 11.9 Å². The lowest BCUT2D eigenvalue weighted by Crippen LogP contribution is -2.33. The highest BCUT2D eigenvalue weighted by atomic mass is 16.6. The van der Waals surface area contributed by atoms with Crippen molar-refractivity contribution in [3.63, 3.8) is 0 Å². The third-order valence-corrected chi connectivity index (χ3v) is 3.86. The van der Waals surface area contributed by atoms with Crippen molar-refractivity contribution in [2.24, 2.45) is 0 Å². The third kappa shape index (κ3) is 14.3. The van der Waals surface area contributed by atoms with Crippen LogP contribution in [0.1, 0.15) is 67.2 Å². The summed E-state index contributed by atoms with van der Waals surface area (Å²) in [6.07, 6.45) is 5.85. The van der Waals surface area contributed by atoms with Crippen molar-refractivity contribution in [1.29, 1.82) is 0 Å². The summed E-state index contributed by atoms with van der Waals surface area (Å²) in [4.78, 5) is 31.6. The number of carbonyl (C=O) groups is 2. The van der Waals surface area contributed by atoms with E-state index >= 15 is 0 Å². The molecule has 0 aliphatic rings. The van der Waals surface area contributed by atoms with E-state index < -0.39 is 23.4 Å². The summed E-state index contributed by atoms with van der Waals surface area (Å²) in [7, 11) is 0. The van der Waals surface area contributed by atoms with Crippen LogP contribution in [0.4, 0.5) is 21.1 Å². The molecule has 0 bridgehead atoms. The Morgan fingerprint density at radius 2 is 1.25 bits per heavy atom. The van der Waals surface area contributed by atoms with Gasteiger partial charge in [-0.3, -0.25) is 0 Å². The first-order valence-corrected chi connectivity index (χ1v) is 11.2. The number of unbranched alkanes of at least 4 members (excludes halogenated alkanes) is 2. The van der Waals surface area contributed by atoms with Gasteiger partial charge >= 0.3 is 12.2 Å². The van der Waals surface area contributed by atoms with Gasteiger partial charge in [0.1, 0.15) is 17.5 Å². The van der Waals surface area contributed by atoms with Crippen LogP contribution in [-0.2, 0) is 9.47 Å². The predicted octanol–water partition coefficient (Wildman–Crippen LogP) is 3.91. The molecule has 4 N–H and O–H groups in total. The number of hydrogen-bond acceptors (Lipinski definition) is 8. The maximum Gasteiger partial charge on any atom is 0.407 e. The quantitative estimate of drug-likeness (QED) is 0.352. The number of amides is 2. The molecule has 1 aromatic heterocycles. The summed E-state index contributed by atoms with van der Waals surface area (Å²) in [5.74, 6) is 0.743. The van der Waals surface area contributed by atoms with Crippen molar-refractivity contribution in [2.45, 2.75) is 78.4 Å². The van der Waals surface area contributed by atoms with Crippen molar-refractivity contribution in [1.82, 2.24) is 20.6 Å². The minimum absolute atomic E-state index is 0.394. The topological polar surface area (TPSA) is 127 Å². The molecule has 0 unspecified atom stereocenters. The van der Waals surface area contributed by atoms with E-state index in [0.717, 1.165) is 50.3 Å². The highest BCUT2D eigenvalue weighted by Crippen LogP contribution is 2.16. The van der Waals surface area contributed by atoms with Gasteiger partial charge in [0.15, 0.2) is 5.82 Å². The Kier molecular flexibility index (Phi) is 11.6. The van der Waals surface area contributed by atoms with Gasteiger partial charge < -0.3 is 30.7 Å². The van der Waals surface area contributed by atoms with Gasteiger partial charge in [0.2, 0.25) is 0 Å². The Morgan fingerprint density at radius 3 is 1.75 bits per heavy atom. The SMILES string of the molecule is CC(C)(C)OC(=O)NCCCCNc1cncnc1NCCCCNC(=O)OC(C)(C)C. The zero-order chi connectivity index (χ0) is 24.0. The summed E-state index contributed by atoms with van der Waals surface area (Å²) in [5.41, 5.74) is -0.146. The first kappa shape index (κ1) is 27.3. The van der Waals surface area contributed by atoms with Crippen LogP contribution in [0.5, 0.6) is 0 Å². The number of nitrogens with one attached hydrogen (secondary N) is 4. The molecule has 0 aromatic carbocycles. The van der Waals surface area contributed by atoms with Crippen LogP contribution in [0.3, 0.4) is 0 Å². The maximum atomic E-state index is 11.6. The number of alkyl carbamates (subject to hydrolysis) is 2. The van der Waals surface area contributed by atoms with Crippen LogP contribution in [0, 0.1) is 0 Å². The van der Waals surface area contributed by atoms with E-state index in [9.17, 15) is 9.59 Å². The first-order chi connectivity index (χ1) is 15.0. The molecule has 1 heterocycles. The van der Waals surface area contributed by atoms with Gasteiger partial charge in [-0.05, 0) is 67.2 Å². The van der Waals surface area contributed by atoms with Gasteiger partial charge in [0, 0.05) is 26.2 Å². The molecular formula is C22H40N6O4. The van der Waals surface area contributed by atoms with Crippen molar-refractivity contribution < 1.29 is 19.1 Å². The average molecular weight is 453 g/mol. The van der Waals surface area contributed by atoms with Crippen molar-refractivity contribution >= 4 is 23.7 Å². The Morgan fingerprint density at radius 1 is 0.781 bits per heavy atom. The van der Waals surface area contributed by atoms with Gasteiger partial charge in [-0.15, -0.1) is 0 Å². The Bertz CT molecular complexity index is 641. The molecule has 1 rings (SSSR count). The third-order valence-electron chi connectivity index (χ3n) is 3.86. The molecule has 182 valence electrons. The second kappa shape index (κ2) is 13.6. The smallest absolute Gasteiger partial charge is 0.407 e.